The second kappa shape index (κ2) is 6.75. The van der Waals surface area contributed by atoms with Crippen molar-refractivity contribution in [3.8, 4) is 0 Å². The van der Waals surface area contributed by atoms with Gasteiger partial charge in [0.2, 0.25) is 0 Å². The lowest BCUT2D eigenvalue weighted by atomic mass is 10.2. The third-order valence-electron chi connectivity index (χ3n) is 2.70. The molecule has 0 radical (unpaired) electrons. The van der Waals surface area contributed by atoms with Gasteiger partial charge in [-0.2, -0.15) is 0 Å². The lowest BCUT2D eigenvalue weighted by molar-refractivity contribution is 0.895. The van der Waals surface area contributed by atoms with E-state index in [2.05, 4.69) is 17.1 Å². The lowest BCUT2D eigenvalue weighted by Crippen LogP contribution is -2.23. The van der Waals surface area contributed by atoms with E-state index < -0.39 is 0 Å². The van der Waals surface area contributed by atoms with E-state index in [9.17, 15) is 0 Å². The van der Waals surface area contributed by atoms with Crippen LogP contribution in [-0.2, 0) is 6.54 Å². The molecule has 2 aromatic rings. The van der Waals surface area contributed by atoms with Crippen LogP contribution in [0.4, 0.5) is 5.82 Å². The van der Waals surface area contributed by atoms with Gasteiger partial charge in [0.25, 0.3) is 0 Å². The van der Waals surface area contributed by atoms with Crippen LogP contribution in [0.25, 0.3) is 0 Å². The maximum absolute atomic E-state index is 7.56. The molecule has 0 fully saturated rings. The fourth-order valence-electron chi connectivity index (χ4n) is 1.84. The number of pyridine rings is 1. The summed E-state index contributed by atoms with van der Waals surface area (Å²) in [6, 6.07) is 13.7. The third-order valence-corrected chi connectivity index (χ3v) is 2.70. The van der Waals surface area contributed by atoms with Crippen LogP contribution in [0.3, 0.4) is 0 Å². The van der Waals surface area contributed by atoms with E-state index in [1.807, 2.05) is 36.2 Å². The van der Waals surface area contributed by atoms with Crippen LogP contribution in [-0.4, -0.2) is 17.9 Å². The Bertz CT molecular complexity index is 542. The van der Waals surface area contributed by atoms with Gasteiger partial charge in [-0.3, -0.25) is 5.41 Å². The first-order chi connectivity index (χ1) is 8.68. The summed E-state index contributed by atoms with van der Waals surface area (Å²) in [6.45, 7) is 0.734. The van der Waals surface area contributed by atoms with Crippen LogP contribution in [0.2, 0.25) is 0 Å². The topological polar surface area (TPSA) is 66.0 Å². The van der Waals surface area contributed by atoms with Gasteiger partial charge < -0.3 is 10.6 Å². The molecule has 0 saturated heterocycles. The first-order valence-corrected chi connectivity index (χ1v) is 5.73. The van der Waals surface area contributed by atoms with Crippen molar-refractivity contribution in [3.63, 3.8) is 0 Å². The van der Waals surface area contributed by atoms with Crippen LogP contribution >= 0.6 is 12.4 Å². The van der Waals surface area contributed by atoms with E-state index in [1.165, 1.54) is 5.56 Å². The van der Waals surface area contributed by atoms with Crippen molar-refractivity contribution in [1.29, 1.82) is 5.41 Å². The van der Waals surface area contributed by atoms with E-state index in [-0.39, 0.29) is 18.2 Å². The summed E-state index contributed by atoms with van der Waals surface area (Å²) in [5.74, 6) is 0.770. The van der Waals surface area contributed by atoms with Crippen LogP contribution in [0.1, 0.15) is 11.1 Å². The van der Waals surface area contributed by atoms with Crippen molar-refractivity contribution in [3.05, 3.63) is 59.8 Å². The Morgan fingerprint density at radius 3 is 2.53 bits per heavy atom. The molecule has 0 aliphatic rings. The first kappa shape index (κ1) is 15.0. The number of aromatic nitrogens is 1. The highest BCUT2D eigenvalue weighted by molar-refractivity contribution is 5.99. The molecular weight excluding hydrogens is 260 g/mol. The SMILES string of the molecule is CN(Cc1ccccc1)c1ncccc1C(=N)N.Cl. The van der Waals surface area contributed by atoms with Gasteiger partial charge in [0.1, 0.15) is 11.7 Å². The summed E-state index contributed by atoms with van der Waals surface area (Å²) < 4.78 is 0. The van der Waals surface area contributed by atoms with Gasteiger partial charge in [-0.25, -0.2) is 4.98 Å². The summed E-state index contributed by atoms with van der Waals surface area (Å²) in [5.41, 5.74) is 7.42. The second-order valence-electron chi connectivity index (χ2n) is 4.13. The normalized spacial score (nSPS) is 9.53. The number of anilines is 1. The Labute approximate surface area is 119 Å². The highest BCUT2D eigenvalue weighted by Gasteiger charge is 2.10. The van der Waals surface area contributed by atoms with Crippen molar-refractivity contribution in [1.82, 2.24) is 4.98 Å². The molecule has 0 bridgehead atoms. The Kier molecular flexibility index (Phi) is 5.33. The molecule has 4 nitrogen and oxygen atoms in total. The second-order valence-corrected chi connectivity index (χ2v) is 4.13. The van der Waals surface area contributed by atoms with Crippen molar-refractivity contribution < 1.29 is 0 Å². The van der Waals surface area contributed by atoms with E-state index >= 15 is 0 Å². The molecule has 3 N–H and O–H groups in total. The molecule has 100 valence electrons. The molecule has 5 heteroatoms. The molecule has 0 spiro atoms. The quantitative estimate of drug-likeness (QED) is 0.666. The maximum Gasteiger partial charge on any atom is 0.139 e. The van der Waals surface area contributed by atoms with E-state index in [1.54, 1.807) is 12.3 Å². The number of nitrogens with two attached hydrogens (primary N) is 1. The predicted molar refractivity (Wildman–Crippen MR) is 81.1 cm³/mol. The number of halogens is 1. The number of hydrogen-bond acceptors (Lipinski definition) is 3. The maximum atomic E-state index is 7.56. The van der Waals surface area contributed by atoms with Gasteiger partial charge in [0.05, 0.1) is 5.56 Å². The standard InChI is InChI=1S/C14H16N4.ClH/c1-18(10-11-6-3-2-4-7-11)14-12(13(15)16)8-5-9-17-14;/h2-9H,10H2,1H3,(H3,15,16);1H. The summed E-state index contributed by atoms with van der Waals surface area (Å²) in [7, 11) is 1.95. The highest BCUT2D eigenvalue weighted by atomic mass is 35.5. The number of hydrogen-bond donors (Lipinski definition) is 2. The Hall–Kier alpha value is -2.07. The van der Waals surface area contributed by atoms with Crippen LogP contribution in [0, 0.1) is 5.41 Å². The average Bonchev–Trinajstić information content (AvgIpc) is 2.40. The molecule has 1 aromatic carbocycles. The molecule has 19 heavy (non-hydrogen) atoms. The zero-order valence-corrected chi connectivity index (χ0v) is 11.5. The van der Waals surface area contributed by atoms with Gasteiger partial charge in [0.15, 0.2) is 0 Å². The third kappa shape index (κ3) is 3.69. The molecule has 0 atom stereocenters. The number of nitrogens with zero attached hydrogens (tertiary/aromatic N) is 2. The number of nitrogen functional groups attached to an aromatic ring is 1. The Morgan fingerprint density at radius 1 is 1.21 bits per heavy atom. The Morgan fingerprint density at radius 2 is 1.89 bits per heavy atom. The molecule has 0 aliphatic heterocycles. The van der Waals surface area contributed by atoms with Gasteiger partial charge in [-0.1, -0.05) is 30.3 Å². The van der Waals surface area contributed by atoms with Crippen LogP contribution < -0.4 is 10.6 Å². The molecule has 1 heterocycles. The summed E-state index contributed by atoms with van der Waals surface area (Å²) in [4.78, 5) is 6.29. The van der Waals surface area contributed by atoms with Gasteiger partial charge in [-0.15, -0.1) is 12.4 Å². The zero-order chi connectivity index (χ0) is 13.0. The van der Waals surface area contributed by atoms with Crippen molar-refractivity contribution >= 4 is 24.1 Å². The fourth-order valence-corrected chi connectivity index (χ4v) is 1.84. The van der Waals surface area contributed by atoms with Crippen molar-refractivity contribution in [2.24, 2.45) is 5.73 Å². The highest BCUT2D eigenvalue weighted by Crippen LogP contribution is 2.17. The molecule has 0 amide bonds. The molecule has 0 aliphatic carbocycles. The van der Waals surface area contributed by atoms with Crippen molar-refractivity contribution in [2.45, 2.75) is 6.54 Å². The van der Waals surface area contributed by atoms with Gasteiger partial charge in [-0.05, 0) is 17.7 Å². The summed E-state index contributed by atoms with van der Waals surface area (Å²) in [5, 5.41) is 7.56. The number of benzene rings is 1. The molecule has 2 rings (SSSR count). The first-order valence-electron chi connectivity index (χ1n) is 5.73. The monoisotopic (exact) mass is 276 g/mol. The fraction of sp³-hybridized carbons (Fsp3) is 0.143. The summed E-state index contributed by atoms with van der Waals surface area (Å²) >= 11 is 0. The zero-order valence-electron chi connectivity index (χ0n) is 10.7. The van der Waals surface area contributed by atoms with Gasteiger partial charge in [0, 0.05) is 19.8 Å². The van der Waals surface area contributed by atoms with Crippen LogP contribution in [0.15, 0.2) is 48.7 Å². The van der Waals surface area contributed by atoms with Crippen molar-refractivity contribution in [2.75, 3.05) is 11.9 Å². The smallest absolute Gasteiger partial charge is 0.139 e. The molecule has 0 unspecified atom stereocenters. The Balaban J connectivity index is 0.00000180. The molecule has 1 aromatic heterocycles. The molecular formula is C14H17ClN4. The average molecular weight is 277 g/mol. The largest absolute Gasteiger partial charge is 0.384 e. The lowest BCUT2D eigenvalue weighted by Gasteiger charge is -2.20. The minimum absolute atomic E-state index is 0. The molecule has 0 saturated carbocycles. The number of amidine groups is 1. The summed E-state index contributed by atoms with van der Waals surface area (Å²) in [6.07, 6.45) is 1.71. The van der Waals surface area contributed by atoms with E-state index in [4.69, 9.17) is 11.1 Å². The van der Waals surface area contributed by atoms with E-state index in [0.29, 0.717) is 5.56 Å². The number of nitrogens with one attached hydrogen (secondary N) is 1. The predicted octanol–water partition coefficient (Wildman–Crippen LogP) is 2.42. The van der Waals surface area contributed by atoms with E-state index in [0.717, 1.165) is 12.4 Å². The number of rotatable bonds is 4. The minimum atomic E-state index is 0. The minimum Gasteiger partial charge on any atom is -0.384 e. The van der Waals surface area contributed by atoms with Gasteiger partial charge >= 0.3 is 0 Å². The van der Waals surface area contributed by atoms with Crippen LogP contribution in [0.5, 0.6) is 0 Å².